The smallest absolute Gasteiger partial charge is 0.350 e. The maximum atomic E-state index is 15.0. The number of ether oxygens (including phenoxy) is 2. The molecule has 268 valence electrons. The van der Waals surface area contributed by atoms with Crippen molar-refractivity contribution in [3.05, 3.63) is 113 Å². The number of hydrogen-bond donors (Lipinski definition) is 1. The van der Waals surface area contributed by atoms with Gasteiger partial charge in [-0.15, -0.1) is 0 Å². The van der Waals surface area contributed by atoms with Crippen molar-refractivity contribution in [3.8, 4) is 11.4 Å². The Morgan fingerprint density at radius 1 is 0.941 bits per heavy atom. The first kappa shape index (κ1) is 34.4. The van der Waals surface area contributed by atoms with Crippen molar-refractivity contribution in [1.82, 2.24) is 29.1 Å². The second-order valence-corrected chi connectivity index (χ2v) is 13.3. The van der Waals surface area contributed by atoms with E-state index in [9.17, 15) is 18.7 Å². The molecule has 2 aliphatic rings. The first-order chi connectivity index (χ1) is 24.7. The van der Waals surface area contributed by atoms with Crippen LogP contribution < -0.4 is 20.2 Å². The molecule has 3 aromatic carbocycles. The van der Waals surface area contributed by atoms with Crippen molar-refractivity contribution in [2.75, 3.05) is 49.2 Å². The highest BCUT2D eigenvalue weighted by atomic mass is 19.1. The molecule has 0 amide bonds. The molecular weight excluding hydrogens is 658 g/mol. The highest BCUT2D eigenvalue weighted by Gasteiger charge is 2.44. The lowest BCUT2D eigenvalue weighted by atomic mass is 9.87. The second-order valence-electron chi connectivity index (χ2n) is 13.3. The normalized spacial score (nSPS) is 20.5. The van der Waals surface area contributed by atoms with Crippen LogP contribution in [0.15, 0.2) is 90.5 Å². The average molecular weight is 701 g/mol. The van der Waals surface area contributed by atoms with Crippen LogP contribution in [0.3, 0.4) is 0 Å². The molecule has 0 saturated carbocycles. The van der Waals surface area contributed by atoms with Crippen LogP contribution in [0, 0.1) is 17.6 Å². The van der Waals surface area contributed by atoms with Gasteiger partial charge in [-0.05, 0) is 74.4 Å². The van der Waals surface area contributed by atoms with E-state index < -0.39 is 23.3 Å². The monoisotopic (exact) mass is 700 g/mol. The number of hydrogen-bond acceptors (Lipinski definition) is 9. The van der Waals surface area contributed by atoms with Crippen LogP contribution in [-0.4, -0.2) is 79.7 Å². The van der Waals surface area contributed by atoms with E-state index in [4.69, 9.17) is 9.47 Å². The van der Waals surface area contributed by atoms with E-state index in [1.54, 1.807) is 17.9 Å². The van der Waals surface area contributed by atoms with Crippen molar-refractivity contribution < 1.29 is 23.4 Å². The van der Waals surface area contributed by atoms with Gasteiger partial charge in [0.15, 0.2) is 0 Å². The quantitative estimate of drug-likeness (QED) is 0.200. The Morgan fingerprint density at radius 2 is 1.61 bits per heavy atom. The fourth-order valence-electron chi connectivity index (χ4n) is 7.24. The maximum absolute atomic E-state index is 15.0. The summed E-state index contributed by atoms with van der Waals surface area (Å²) in [6.07, 6.45) is 4.88. The molecule has 7 rings (SSSR count). The third kappa shape index (κ3) is 7.24. The lowest BCUT2D eigenvalue weighted by Crippen LogP contribution is -2.46. The van der Waals surface area contributed by atoms with Gasteiger partial charge in [0.2, 0.25) is 0 Å². The molecule has 4 atom stereocenters. The first-order valence-corrected chi connectivity index (χ1v) is 17.3. The number of aliphatic hydroxyl groups is 1. The number of aromatic nitrogens is 6. The van der Waals surface area contributed by atoms with Gasteiger partial charge in [-0.2, -0.15) is 10.2 Å². The summed E-state index contributed by atoms with van der Waals surface area (Å²) in [4.78, 5) is 21.7. The van der Waals surface area contributed by atoms with Crippen molar-refractivity contribution >= 4 is 11.4 Å². The van der Waals surface area contributed by atoms with Crippen molar-refractivity contribution in [2.45, 2.75) is 51.0 Å². The topological polar surface area (TPSA) is 116 Å². The Morgan fingerprint density at radius 3 is 2.22 bits per heavy atom. The van der Waals surface area contributed by atoms with E-state index in [0.29, 0.717) is 31.6 Å². The van der Waals surface area contributed by atoms with Crippen LogP contribution >= 0.6 is 0 Å². The van der Waals surface area contributed by atoms with Crippen LogP contribution in [0.2, 0.25) is 0 Å². The van der Waals surface area contributed by atoms with Crippen LogP contribution in [0.5, 0.6) is 5.75 Å². The average Bonchev–Trinajstić information content (AvgIpc) is 3.90. The number of piperazine rings is 1. The van der Waals surface area contributed by atoms with Crippen LogP contribution in [0.4, 0.5) is 20.2 Å². The van der Waals surface area contributed by atoms with Gasteiger partial charge in [0.1, 0.15) is 42.0 Å². The zero-order valence-electron chi connectivity index (χ0n) is 28.7. The largest absolute Gasteiger partial charge is 0.493 e. The minimum Gasteiger partial charge on any atom is -0.493 e. The lowest BCUT2D eigenvalue weighted by Gasteiger charge is -2.37. The molecule has 2 aromatic heterocycles. The Kier molecular flexibility index (Phi) is 9.87. The minimum atomic E-state index is -1.02. The molecule has 12 nitrogen and oxygen atoms in total. The van der Waals surface area contributed by atoms with Gasteiger partial charge in [-0.1, -0.05) is 13.0 Å². The molecule has 1 unspecified atom stereocenters. The molecule has 51 heavy (non-hydrogen) atoms. The molecule has 2 fully saturated rings. The van der Waals surface area contributed by atoms with E-state index in [0.717, 1.165) is 55.1 Å². The Labute approximate surface area is 294 Å². The predicted molar refractivity (Wildman–Crippen MR) is 187 cm³/mol. The Bertz CT molecular complexity index is 1960. The molecule has 14 heteroatoms. The number of benzene rings is 3. The summed E-state index contributed by atoms with van der Waals surface area (Å²) in [7, 11) is 0. The summed E-state index contributed by atoms with van der Waals surface area (Å²) >= 11 is 0. The van der Waals surface area contributed by atoms with E-state index >= 15 is 0 Å². The zero-order chi connectivity index (χ0) is 35.5. The van der Waals surface area contributed by atoms with E-state index in [1.165, 1.54) is 34.0 Å². The SMILES string of the molecule is CC[C@H]([C@H](C)O)n1ncn(-c2ccc(N3CCN(c4ccc(OCC5CO[C@](Cn6cncn6)(c6ccc(F)cc6F)C5)cc4)CC3)cc2)c1=O. The van der Waals surface area contributed by atoms with Gasteiger partial charge in [-0.25, -0.2) is 32.5 Å². The number of anilines is 2. The molecule has 4 heterocycles. The van der Waals surface area contributed by atoms with Gasteiger partial charge in [0, 0.05) is 55.1 Å². The van der Waals surface area contributed by atoms with Crippen molar-refractivity contribution in [3.63, 3.8) is 0 Å². The summed E-state index contributed by atoms with van der Waals surface area (Å²) in [5.74, 6) is -0.563. The van der Waals surface area contributed by atoms with Gasteiger partial charge in [0.25, 0.3) is 0 Å². The van der Waals surface area contributed by atoms with Gasteiger partial charge < -0.3 is 24.4 Å². The summed E-state index contributed by atoms with van der Waals surface area (Å²) in [5, 5.41) is 18.5. The van der Waals surface area contributed by atoms with E-state index in [2.05, 4.69) is 37.1 Å². The Balaban J connectivity index is 0.923. The van der Waals surface area contributed by atoms with E-state index in [-0.39, 0.29) is 24.2 Å². The number of nitrogens with zero attached hydrogens (tertiary/aromatic N) is 8. The third-order valence-electron chi connectivity index (χ3n) is 9.96. The van der Waals surface area contributed by atoms with Gasteiger partial charge >= 0.3 is 5.69 Å². The fourth-order valence-corrected chi connectivity index (χ4v) is 7.24. The molecule has 2 saturated heterocycles. The molecule has 0 spiro atoms. The molecular formula is C37H42F2N8O4. The highest BCUT2D eigenvalue weighted by molar-refractivity contribution is 5.54. The molecule has 0 bridgehead atoms. The zero-order valence-corrected chi connectivity index (χ0v) is 28.7. The molecule has 5 aromatic rings. The fraction of sp³-hybridized carbons (Fsp3) is 0.405. The van der Waals surface area contributed by atoms with E-state index in [1.807, 2.05) is 43.3 Å². The molecule has 0 aliphatic carbocycles. The van der Waals surface area contributed by atoms with Crippen LogP contribution in [0.25, 0.3) is 5.69 Å². The molecule has 1 N–H and O–H groups in total. The summed E-state index contributed by atoms with van der Waals surface area (Å²) in [6.45, 7) is 7.97. The predicted octanol–water partition coefficient (Wildman–Crippen LogP) is 4.57. The standard InChI is InChI=1S/C37H42F2N8O4/c1-3-35(26(2)48)47-36(49)46(25-42-47)31-7-5-29(6-8-31)43-14-16-44(17-15-43)30-9-11-32(12-10-30)50-20-27-19-37(51-21-27,22-45-24-40-23-41-45)33-13-4-28(38)18-34(33)39/h4-13,18,23-27,35,48H,3,14-17,19-22H2,1-2H3/t26-,27?,35+,37+/m0/s1. The van der Waals surface area contributed by atoms with Gasteiger partial charge in [0.05, 0.1) is 37.6 Å². The number of aliphatic hydroxyl groups excluding tert-OH is 1. The Hall–Kier alpha value is -5.08. The summed E-state index contributed by atoms with van der Waals surface area (Å²) in [6, 6.07) is 19.2. The molecule has 0 radical (unpaired) electrons. The van der Waals surface area contributed by atoms with Crippen LogP contribution in [-0.2, 0) is 16.9 Å². The third-order valence-corrected chi connectivity index (χ3v) is 9.96. The summed E-state index contributed by atoms with van der Waals surface area (Å²) in [5.41, 5.74) is 1.93. The first-order valence-electron chi connectivity index (χ1n) is 17.3. The van der Waals surface area contributed by atoms with Gasteiger partial charge in [-0.3, -0.25) is 0 Å². The minimum absolute atomic E-state index is 0.0121. The number of halogens is 2. The van der Waals surface area contributed by atoms with Crippen molar-refractivity contribution in [1.29, 1.82) is 0 Å². The summed E-state index contributed by atoms with van der Waals surface area (Å²) < 4.78 is 45.6. The maximum Gasteiger partial charge on any atom is 0.350 e. The lowest BCUT2D eigenvalue weighted by molar-refractivity contribution is -0.0206. The van der Waals surface area contributed by atoms with Crippen LogP contribution in [0.1, 0.15) is 38.3 Å². The second kappa shape index (κ2) is 14.6. The number of rotatable bonds is 12. The highest BCUT2D eigenvalue weighted by Crippen LogP contribution is 2.42. The van der Waals surface area contributed by atoms with Crippen molar-refractivity contribution in [2.24, 2.45) is 5.92 Å². The molecule has 2 aliphatic heterocycles.